The van der Waals surface area contributed by atoms with Gasteiger partial charge in [-0.3, -0.25) is 4.79 Å². The monoisotopic (exact) mass is 344 g/mol. The van der Waals surface area contributed by atoms with E-state index in [1.165, 1.54) is 17.3 Å². The third-order valence-electron chi connectivity index (χ3n) is 4.37. The molecule has 5 nitrogen and oxygen atoms in total. The van der Waals surface area contributed by atoms with Crippen molar-refractivity contribution in [3.8, 4) is 0 Å². The maximum atomic E-state index is 12.3. The molecule has 2 heterocycles. The Morgan fingerprint density at radius 3 is 2.62 bits per heavy atom. The minimum atomic E-state index is 0.201. The van der Waals surface area contributed by atoms with Crippen LogP contribution in [0, 0.1) is 6.92 Å². The van der Waals surface area contributed by atoms with E-state index in [1.54, 1.807) is 0 Å². The molecule has 0 unspecified atom stereocenters. The van der Waals surface area contributed by atoms with Gasteiger partial charge in [0, 0.05) is 38.3 Å². The van der Waals surface area contributed by atoms with E-state index in [9.17, 15) is 4.79 Å². The Labute approximate surface area is 147 Å². The largest absolute Gasteiger partial charge is 0.339 e. The van der Waals surface area contributed by atoms with Crippen LogP contribution in [0.2, 0.25) is 0 Å². The number of aromatic nitrogens is 2. The molecule has 128 valence electrons. The van der Waals surface area contributed by atoms with Crippen LogP contribution in [0.4, 0.5) is 0 Å². The maximum Gasteiger partial charge on any atom is 0.233 e. The van der Waals surface area contributed by atoms with E-state index in [2.05, 4.69) is 34.0 Å². The van der Waals surface area contributed by atoms with Crippen LogP contribution in [-0.2, 0) is 11.2 Å². The van der Waals surface area contributed by atoms with Crippen LogP contribution < -0.4 is 0 Å². The van der Waals surface area contributed by atoms with Crippen LogP contribution >= 0.6 is 11.8 Å². The first-order chi connectivity index (χ1) is 11.6. The van der Waals surface area contributed by atoms with E-state index in [0.717, 1.165) is 49.1 Å². The second-order valence-electron chi connectivity index (χ2n) is 6.25. The molecule has 0 bridgehead atoms. The van der Waals surface area contributed by atoms with Crippen molar-refractivity contribution in [1.29, 1.82) is 0 Å². The lowest BCUT2D eigenvalue weighted by atomic mass is 10.1. The number of piperazine rings is 1. The lowest BCUT2D eigenvalue weighted by Gasteiger charge is -2.32. The molecule has 6 heteroatoms. The van der Waals surface area contributed by atoms with E-state index >= 15 is 0 Å². The fourth-order valence-electron chi connectivity index (χ4n) is 2.77. The Balaban J connectivity index is 1.54. The van der Waals surface area contributed by atoms with E-state index in [-0.39, 0.29) is 5.91 Å². The van der Waals surface area contributed by atoms with Gasteiger partial charge < -0.3 is 14.8 Å². The molecule has 2 aromatic rings. The quantitative estimate of drug-likeness (QED) is 0.845. The molecule has 1 aliphatic heterocycles. The zero-order chi connectivity index (χ0) is 16.9. The molecule has 1 amide bonds. The highest BCUT2D eigenvalue weighted by molar-refractivity contribution is 7.99. The highest BCUT2D eigenvalue weighted by Crippen LogP contribution is 2.19. The molecule has 1 aromatic heterocycles. The van der Waals surface area contributed by atoms with Gasteiger partial charge in [-0.15, -0.1) is 0 Å². The molecule has 3 rings (SSSR count). The normalized spacial score (nSPS) is 15.7. The summed E-state index contributed by atoms with van der Waals surface area (Å²) in [7, 11) is 2.09. The summed E-state index contributed by atoms with van der Waals surface area (Å²) in [5, 5.41) is 0.834. The van der Waals surface area contributed by atoms with Crippen LogP contribution in [-0.4, -0.2) is 64.7 Å². The molecular formula is C18H24N4OS. The van der Waals surface area contributed by atoms with Gasteiger partial charge in [-0.2, -0.15) is 0 Å². The van der Waals surface area contributed by atoms with Gasteiger partial charge in [0.15, 0.2) is 5.16 Å². The Hall–Kier alpha value is -1.79. The number of aryl methyl sites for hydroxylation is 1. The Bertz CT molecular complexity index is 678. The molecule has 1 N–H and O–H groups in total. The molecule has 1 aromatic carbocycles. The number of thioether (sulfide) groups is 1. The zero-order valence-electron chi connectivity index (χ0n) is 14.3. The number of likely N-dealkylation sites (N-methyl/N-ethyl adjacent to an activating group) is 1. The number of aromatic amines is 1. The van der Waals surface area contributed by atoms with Crippen molar-refractivity contribution in [3.05, 3.63) is 47.3 Å². The summed E-state index contributed by atoms with van der Waals surface area (Å²) in [5.41, 5.74) is 3.38. The maximum absolute atomic E-state index is 12.3. The highest BCUT2D eigenvalue weighted by atomic mass is 32.2. The second-order valence-corrected chi connectivity index (χ2v) is 7.21. The summed E-state index contributed by atoms with van der Waals surface area (Å²) in [5.74, 6) is 0.647. The van der Waals surface area contributed by atoms with E-state index in [1.807, 2.05) is 30.0 Å². The number of nitrogens with one attached hydrogen (secondary N) is 1. The van der Waals surface area contributed by atoms with Gasteiger partial charge in [-0.05, 0) is 19.5 Å². The minimum Gasteiger partial charge on any atom is -0.339 e. The van der Waals surface area contributed by atoms with Gasteiger partial charge in [0.25, 0.3) is 0 Å². The Kier molecular flexibility index (Phi) is 5.58. The van der Waals surface area contributed by atoms with Crippen LogP contribution in [0.15, 0.2) is 35.5 Å². The number of rotatable bonds is 5. The van der Waals surface area contributed by atoms with Crippen molar-refractivity contribution in [3.63, 3.8) is 0 Å². The highest BCUT2D eigenvalue weighted by Gasteiger charge is 2.19. The molecule has 1 saturated heterocycles. The van der Waals surface area contributed by atoms with Crippen LogP contribution in [0.1, 0.15) is 17.0 Å². The second kappa shape index (κ2) is 7.85. The number of amides is 1. The number of hydrogen-bond acceptors (Lipinski definition) is 4. The number of benzene rings is 1. The summed E-state index contributed by atoms with van der Waals surface area (Å²) in [4.78, 5) is 24.5. The first-order valence-electron chi connectivity index (χ1n) is 8.30. The van der Waals surface area contributed by atoms with Crippen molar-refractivity contribution in [2.75, 3.05) is 39.0 Å². The fourth-order valence-corrected chi connectivity index (χ4v) is 3.62. The lowest BCUT2D eigenvalue weighted by molar-refractivity contribution is -0.129. The van der Waals surface area contributed by atoms with Gasteiger partial charge in [0.2, 0.25) is 5.91 Å². The number of carbonyl (C=O) groups excluding carboxylic acids is 1. The smallest absolute Gasteiger partial charge is 0.233 e. The topological polar surface area (TPSA) is 52.2 Å². The Morgan fingerprint density at radius 2 is 1.92 bits per heavy atom. The van der Waals surface area contributed by atoms with Gasteiger partial charge in [0.1, 0.15) is 0 Å². The molecule has 0 atom stereocenters. The number of nitrogens with zero attached hydrogens (tertiary/aromatic N) is 3. The van der Waals surface area contributed by atoms with Crippen LogP contribution in [0.3, 0.4) is 0 Å². The lowest BCUT2D eigenvalue weighted by Crippen LogP contribution is -2.47. The molecule has 1 aliphatic rings. The summed E-state index contributed by atoms with van der Waals surface area (Å²) in [6.07, 6.45) is 0.816. The number of imidazole rings is 1. The van der Waals surface area contributed by atoms with Gasteiger partial charge >= 0.3 is 0 Å². The van der Waals surface area contributed by atoms with Crippen molar-refractivity contribution < 1.29 is 4.79 Å². The number of H-pyrrole nitrogens is 1. The standard InChI is InChI=1S/C18H24N4OS/c1-14-16(12-15-6-4-3-5-7-15)20-18(19-14)24-13-17(23)22-10-8-21(2)9-11-22/h3-7H,8-13H2,1-2H3,(H,19,20). The predicted octanol–water partition coefficient (Wildman–Crippen LogP) is 2.18. The molecule has 0 saturated carbocycles. The number of hydrogen-bond donors (Lipinski definition) is 1. The predicted molar refractivity (Wildman–Crippen MR) is 97.4 cm³/mol. The van der Waals surface area contributed by atoms with Crippen LogP contribution in [0.25, 0.3) is 0 Å². The van der Waals surface area contributed by atoms with Gasteiger partial charge in [0.05, 0.1) is 11.4 Å². The molecule has 0 radical (unpaired) electrons. The molecule has 0 spiro atoms. The third kappa shape index (κ3) is 4.39. The van der Waals surface area contributed by atoms with Crippen molar-refractivity contribution in [1.82, 2.24) is 19.8 Å². The van der Waals surface area contributed by atoms with Crippen molar-refractivity contribution in [2.24, 2.45) is 0 Å². The summed E-state index contributed by atoms with van der Waals surface area (Å²) in [6, 6.07) is 10.3. The SMILES string of the molecule is Cc1[nH]c(SCC(=O)N2CCN(C)CC2)nc1Cc1ccccc1. The van der Waals surface area contributed by atoms with Crippen molar-refractivity contribution in [2.45, 2.75) is 18.5 Å². The number of carbonyl (C=O) groups is 1. The van der Waals surface area contributed by atoms with Crippen molar-refractivity contribution >= 4 is 17.7 Å². The molecule has 1 fully saturated rings. The van der Waals surface area contributed by atoms with Gasteiger partial charge in [-0.25, -0.2) is 4.98 Å². The first kappa shape index (κ1) is 17.0. The zero-order valence-corrected chi connectivity index (χ0v) is 15.1. The molecule has 24 heavy (non-hydrogen) atoms. The van der Waals surface area contributed by atoms with E-state index in [4.69, 9.17) is 0 Å². The average Bonchev–Trinajstić information content (AvgIpc) is 2.94. The first-order valence-corrected chi connectivity index (χ1v) is 9.29. The van der Waals surface area contributed by atoms with Crippen LogP contribution in [0.5, 0.6) is 0 Å². The average molecular weight is 344 g/mol. The third-order valence-corrected chi connectivity index (χ3v) is 5.22. The Morgan fingerprint density at radius 1 is 1.21 bits per heavy atom. The minimum absolute atomic E-state index is 0.201. The molecular weight excluding hydrogens is 320 g/mol. The summed E-state index contributed by atoms with van der Waals surface area (Å²) in [6.45, 7) is 5.60. The van der Waals surface area contributed by atoms with E-state index < -0.39 is 0 Å². The molecule has 0 aliphatic carbocycles. The summed E-state index contributed by atoms with van der Waals surface area (Å²) < 4.78 is 0. The summed E-state index contributed by atoms with van der Waals surface area (Å²) >= 11 is 1.50. The van der Waals surface area contributed by atoms with E-state index in [0.29, 0.717) is 5.75 Å². The van der Waals surface area contributed by atoms with Gasteiger partial charge in [-0.1, -0.05) is 42.1 Å². The fraction of sp³-hybridized carbons (Fsp3) is 0.444.